The predicted octanol–water partition coefficient (Wildman–Crippen LogP) is 8.82. The van der Waals surface area contributed by atoms with Gasteiger partial charge < -0.3 is 23.1 Å². The number of rotatable bonds is 19. The minimum absolute atomic E-state index is 0.0338. The first-order valence-corrected chi connectivity index (χ1v) is 26.8. The SMILES string of the molecule is CC(C)(C)OC(=O)C[C@H](C=O)CCO[Si](c1ccccc1)(c1ccccc1)C(C)(C)C.CON(C)C(=O)[C@H](CCO[Si](c1ccccc1)(c1ccccc1)C(C)(C)C)CC(=O)OC(C)(C)C. The molecule has 4 rings (SSSR count). The van der Waals surface area contributed by atoms with Crippen molar-refractivity contribution in [3.05, 3.63) is 121 Å². The zero-order chi connectivity index (χ0) is 49.4. The molecular formula is C54H77NO9Si2. The van der Waals surface area contributed by atoms with E-state index < -0.39 is 45.6 Å². The number of hydroxylamine groups is 2. The third kappa shape index (κ3) is 15.7. The molecule has 0 heterocycles. The molecule has 0 aromatic heterocycles. The van der Waals surface area contributed by atoms with Crippen molar-refractivity contribution >= 4 is 61.5 Å². The highest BCUT2D eigenvalue weighted by molar-refractivity contribution is 7.00. The van der Waals surface area contributed by atoms with Crippen LogP contribution >= 0.6 is 0 Å². The van der Waals surface area contributed by atoms with Crippen molar-refractivity contribution in [3.8, 4) is 0 Å². The van der Waals surface area contributed by atoms with Crippen molar-refractivity contribution in [2.45, 2.75) is 130 Å². The van der Waals surface area contributed by atoms with Gasteiger partial charge in [-0.2, -0.15) is 0 Å². The first kappa shape index (κ1) is 55.6. The summed E-state index contributed by atoms with van der Waals surface area (Å²) in [5, 5.41) is 5.59. The van der Waals surface area contributed by atoms with Crippen LogP contribution in [-0.4, -0.2) is 84.4 Å². The van der Waals surface area contributed by atoms with Gasteiger partial charge in [0.25, 0.3) is 16.6 Å². The van der Waals surface area contributed by atoms with Crippen LogP contribution in [0, 0.1) is 11.8 Å². The fourth-order valence-corrected chi connectivity index (χ4v) is 17.5. The van der Waals surface area contributed by atoms with Gasteiger partial charge in [0.1, 0.15) is 17.5 Å². The van der Waals surface area contributed by atoms with Crippen molar-refractivity contribution in [2.24, 2.45) is 11.8 Å². The fourth-order valence-electron chi connectivity index (χ4n) is 8.30. The van der Waals surface area contributed by atoms with Crippen molar-refractivity contribution in [2.75, 3.05) is 27.4 Å². The van der Waals surface area contributed by atoms with Crippen LogP contribution < -0.4 is 20.7 Å². The molecule has 0 bridgehead atoms. The Kier molecular flexibility index (Phi) is 20.5. The number of benzene rings is 4. The molecule has 4 aromatic carbocycles. The second-order valence-corrected chi connectivity index (χ2v) is 29.4. The number of nitrogens with zero attached hydrogens (tertiary/aromatic N) is 1. The van der Waals surface area contributed by atoms with E-state index in [1.807, 2.05) is 114 Å². The number of amides is 1. The molecule has 0 N–H and O–H groups in total. The van der Waals surface area contributed by atoms with Crippen LogP contribution in [0.1, 0.15) is 109 Å². The quantitative estimate of drug-likeness (QED) is 0.0394. The smallest absolute Gasteiger partial charge is 0.307 e. The molecule has 2 atom stereocenters. The largest absolute Gasteiger partial charge is 0.460 e. The van der Waals surface area contributed by atoms with Crippen molar-refractivity contribution in [1.82, 2.24) is 5.06 Å². The Morgan fingerprint density at radius 3 is 1.14 bits per heavy atom. The molecule has 0 aliphatic heterocycles. The molecule has 360 valence electrons. The molecule has 0 aliphatic rings. The van der Waals surface area contributed by atoms with Gasteiger partial charge in [-0.25, -0.2) is 5.06 Å². The Bertz CT molecular complexity index is 2010. The van der Waals surface area contributed by atoms with E-state index in [1.54, 1.807) is 7.05 Å². The first-order chi connectivity index (χ1) is 30.8. The van der Waals surface area contributed by atoms with Crippen LogP contribution in [0.25, 0.3) is 0 Å². The standard InChI is InChI=1S/C28H41NO5Si.C26H36O4Si/c1-27(2,3)34-25(30)21-22(26(31)29(7)32-8)19-20-33-35(28(4,5)6,23-15-11-9-12-16-23)24-17-13-10-14-18-24;1-25(2,3)30-24(28)19-21(20-27)17-18-29-31(26(4,5)6,22-13-9-7-10-14-22)23-15-11-8-12-16-23/h9-18,22H,19-21H2,1-8H3;7-16,20-21H,17-19H2,1-6H3/t22-;21-/m11/s1. The highest BCUT2D eigenvalue weighted by Crippen LogP contribution is 2.38. The molecule has 0 unspecified atom stereocenters. The lowest BCUT2D eigenvalue weighted by Gasteiger charge is -2.43. The van der Waals surface area contributed by atoms with Crippen LogP contribution in [0.2, 0.25) is 10.1 Å². The summed E-state index contributed by atoms with van der Waals surface area (Å²) in [4.78, 5) is 54.5. The molecule has 0 aliphatic carbocycles. The summed E-state index contributed by atoms with van der Waals surface area (Å²) >= 11 is 0. The molecular weight excluding hydrogens is 863 g/mol. The lowest BCUT2D eigenvalue weighted by atomic mass is 10.0. The summed E-state index contributed by atoms with van der Waals surface area (Å²) in [5.74, 6) is -2.08. The fraction of sp³-hybridized carbons (Fsp3) is 0.481. The molecule has 0 radical (unpaired) electrons. The van der Waals surface area contributed by atoms with E-state index in [0.717, 1.165) is 11.3 Å². The van der Waals surface area contributed by atoms with Crippen LogP contribution in [0.15, 0.2) is 121 Å². The summed E-state index contributed by atoms with van der Waals surface area (Å²) in [5.41, 5.74) is -1.18. The topological polar surface area (TPSA) is 118 Å². The number of esters is 2. The monoisotopic (exact) mass is 940 g/mol. The number of carbonyl (C=O) groups is 4. The van der Waals surface area contributed by atoms with E-state index in [9.17, 15) is 19.2 Å². The second-order valence-electron chi connectivity index (χ2n) is 20.8. The number of hydrogen-bond donors (Lipinski definition) is 0. The van der Waals surface area contributed by atoms with Crippen molar-refractivity contribution in [3.63, 3.8) is 0 Å². The highest BCUT2D eigenvalue weighted by atomic mass is 28.4. The Labute approximate surface area is 397 Å². The Morgan fingerprint density at radius 2 is 0.848 bits per heavy atom. The van der Waals surface area contributed by atoms with E-state index in [1.165, 1.54) is 27.9 Å². The molecule has 0 saturated carbocycles. The van der Waals surface area contributed by atoms with E-state index in [2.05, 4.69) is 90.1 Å². The number of hydrogen-bond acceptors (Lipinski definition) is 9. The molecule has 12 heteroatoms. The zero-order valence-corrected chi connectivity index (χ0v) is 44.1. The molecule has 0 saturated heterocycles. The lowest BCUT2D eigenvalue weighted by Crippen LogP contribution is -2.66. The second kappa shape index (κ2) is 24.3. The van der Waals surface area contributed by atoms with E-state index in [0.29, 0.717) is 26.1 Å². The van der Waals surface area contributed by atoms with E-state index >= 15 is 0 Å². The van der Waals surface area contributed by atoms with Gasteiger partial charge in [-0.1, -0.05) is 163 Å². The van der Waals surface area contributed by atoms with Crippen molar-refractivity contribution < 1.29 is 42.3 Å². The molecule has 10 nitrogen and oxygen atoms in total. The molecule has 0 fully saturated rings. The van der Waals surface area contributed by atoms with Gasteiger partial charge in [0.05, 0.1) is 25.9 Å². The zero-order valence-electron chi connectivity index (χ0n) is 42.1. The van der Waals surface area contributed by atoms with Gasteiger partial charge in [0.15, 0.2) is 0 Å². The van der Waals surface area contributed by atoms with Crippen molar-refractivity contribution in [1.29, 1.82) is 0 Å². The summed E-state index contributed by atoms with van der Waals surface area (Å²) < 4.78 is 24.6. The predicted molar refractivity (Wildman–Crippen MR) is 270 cm³/mol. The van der Waals surface area contributed by atoms with Gasteiger partial charge in [-0.3, -0.25) is 19.2 Å². The molecule has 4 aromatic rings. The third-order valence-electron chi connectivity index (χ3n) is 11.2. The minimum Gasteiger partial charge on any atom is -0.460 e. The third-order valence-corrected chi connectivity index (χ3v) is 21.3. The Morgan fingerprint density at radius 1 is 0.530 bits per heavy atom. The van der Waals surface area contributed by atoms with E-state index in [-0.39, 0.29) is 34.8 Å². The maximum atomic E-state index is 13.0. The van der Waals surface area contributed by atoms with Crippen LogP contribution in [-0.2, 0) is 42.3 Å². The van der Waals surface area contributed by atoms with Gasteiger partial charge in [0, 0.05) is 26.2 Å². The molecule has 66 heavy (non-hydrogen) atoms. The number of carbonyl (C=O) groups excluding carboxylic acids is 4. The Balaban J connectivity index is 0.000000353. The normalized spacial score (nSPS) is 13.4. The summed E-state index contributed by atoms with van der Waals surface area (Å²) in [6.07, 6.45) is 1.74. The van der Waals surface area contributed by atoms with Gasteiger partial charge in [0.2, 0.25) is 5.91 Å². The minimum atomic E-state index is -2.74. The summed E-state index contributed by atoms with van der Waals surface area (Å²) in [6.45, 7) is 24.9. The number of aldehydes is 1. The molecule has 0 spiro atoms. The maximum Gasteiger partial charge on any atom is 0.307 e. The first-order valence-electron chi connectivity index (χ1n) is 23.0. The van der Waals surface area contributed by atoms with Crippen LogP contribution in [0.4, 0.5) is 0 Å². The lowest BCUT2D eigenvalue weighted by molar-refractivity contribution is -0.177. The maximum absolute atomic E-state index is 13.0. The average molecular weight is 940 g/mol. The highest BCUT2D eigenvalue weighted by Gasteiger charge is 2.51. The average Bonchev–Trinajstić information content (AvgIpc) is 3.24. The van der Waals surface area contributed by atoms with Crippen LogP contribution in [0.5, 0.6) is 0 Å². The number of ether oxygens (including phenoxy) is 2. The van der Waals surface area contributed by atoms with E-state index in [4.69, 9.17) is 23.2 Å². The summed E-state index contributed by atoms with van der Waals surface area (Å²) in [6, 6.07) is 41.5. The van der Waals surface area contributed by atoms with Gasteiger partial charge in [-0.15, -0.1) is 0 Å². The van der Waals surface area contributed by atoms with Crippen LogP contribution in [0.3, 0.4) is 0 Å². The Hall–Kier alpha value is -4.73. The summed E-state index contributed by atoms with van der Waals surface area (Å²) in [7, 11) is -2.40. The van der Waals surface area contributed by atoms with Gasteiger partial charge in [-0.05, 0) is 85.2 Å². The molecule has 1 amide bonds. The van der Waals surface area contributed by atoms with Gasteiger partial charge >= 0.3 is 11.9 Å².